The van der Waals surface area contributed by atoms with E-state index in [-0.39, 0.29) is 0 Å². The highest BCUT2D eigenvalue weighted by Crippen LogP contribution is 2.38. The van der Waals surface area contributed by atoms with Crippen LogP contribution in [0.15, 0.2) is 72.8 Å². The van der Waals surface area contributed by atoms with Gasteiger partial charge in [-0.15, -0.1) is 0 Å². The fraction of sp³-hybridized carbons (Fsp3) is 0.154. The van der Waals surface area contributed by atoms with Crippen LogP contribution in [-0.4, -0.2) is 12.1 Å². The summed E-state index contributed by atoms with van der Waals surface area (Å²) in [7, 11) is 1.66. The van der Waals surface area contributed by atoms with Gasteiger partial charge >= 0.3 is 0 Å². The molecule has 3 heteroatoms. The number of hydrogen-bond acceptors (Lipinski definition) is 1. The van der Waals surface area contributed by atoms with E-state index in [0.717, 1.165) is 28.9 Å². The number of rotatable bonds is 5. The highest BCUT2D eigenvalue weighted by molar-refractivity contribution is 6.33. The molecule has 0 saturated carbocycles. The summed E-state index contributed by atoms with van der Waals surface area (Å²) in [5, 5.41) is 1.89. The van der Waals surface area contributed by atoms with E-state index in [1.807, 2.05) is 12.1 Å². The Morgan fingerprint density at radius 2 is 1.72 bits per heavy atom. The summed E-state index contributed by atoms with van der Waals surface area (Å²) in [4.78, 5) is 3.61. The van der Waals surface area contributed by atoms with E-state index < -0.39 is 0 Å². The number of benzene rings is 3. The molecule has 146 valence electrons. The zero-order valence-electron chi connectivity index (χ0n) is 16.9. The number of hydrogen-bond donors (Lipinski definition) is 1. The van der Waals surface area contributed by atoms with Crippen LogP contribution in [0, 0.1) is 6.92 Å². The lowest BCUT2D eigenvalue weighted by Crippen LogP contribution is -1.97. The maximum atomic E-state index is 6.68. The van der Waals surface area contributed by atoms with Gasteiger partial charge in [-0.2, -0.15) is 0 Å². The second-order valence-electron chi connectivity index (χ2n) is 7.19. The summed E-state index contributed by atoms with van der Waals surface area (Å²) < 4.78 is 5.34. The third-order valence-corrected chi connectivity index (χ3v) is 5.61. The number of H-pyrrole nitrogens is 1. The van der Waals surface area contributed by atoms with Gasteiger partial charge in [0, 0.05) is 22.2 Å². The first kappa shape index (κ1) is 19.4. The summed E-state index contributed by atoms with van der Waals surface area (Å²) in [6.45, 7) is 4.28. The van der Waals surface area contributed by atoms with Gasteiger partial charge < -0.3 is 9.72 Å². The Hall–Kier alpha value is -2.97. The predicted molar refractivity (Wildman–Crippen MR) is 124 cm³/mol. The van der Waals surface area contributed by atoms with Crippen LogP contribution >= 0.6 is 11.6 Å². The normalized spacial score (nSPS) is 12.1. The topological polar surface area (TPSA) is 25.0 Å². The van der Waals surface area contributed by atoms with Crippen LogP contribution in [0.25, 0.3) is 22.0 Å². The Morgan fingerprint density at radius 3 is 2.38 bits per heavy atom. The fourth-order valence-electron chi connectivity index (χ4n) is 3.79. The summed E-state index contributed by atoms with van der Waals surface area (Å²) in [6, 6.07) is 25.2. The minimum atomic E-state index is 0.696. The number of methoxy groups -OCH3 is 1. The number of allylic oxidation sites excluding steroid dienone is 1. The number of ether oxygens (including phenoxy) is 1. The van der Waals surface area contributed by atoms with Crippen molar-refractivity contribution in [2.75, 3.05) is 7.11 Å². The highest BCUT2D eigenvalue weighted by atomic mass is 35.5. The second-order valence-corrected chi connectivity index (χ2v) is 7.60. The number of nitrogens with one attached hydrogen (secondary N) is 1. The number of aromatic nitrogens is 1. The van der Waals surface area contributed by atoms with E-state index >= 15 is 0 Å². The van der Waals surface area contributed by atoms with Crippen molar-refractivity contribution in [2.24, 2.45) is 0 Å². The third-order valence-electron chi connectivity index (χ3n) is 5.30. The molecule has 4 aromatic rings. The van der Waals surface area contributed by atoms with Crippen molar-refractivity contribution in [3.8, 4) is 5.75 Å². The molecule has 0 atom stereocenters. The quantitative estimate of drug-likeness (QED) is 0.344. The van der Waals surface area contributed by atoms with Gasteiger partial charge in [0.1, 0.15) is 5.75 Å². The van der Waals surface area contributed by atoms with Crippen molar-refractivity contribution in [1.82, 2.24) is 4.98 Å². The second kappa shape index (κ2) is 8.18. The Morgan fingerprint density at radius 1 is 0.966 bits per heavy atom. The Balaban J connectivity index is 2.00. The molecule has 0 radical (unpaired) electrons. The lowest BCUT2D eigenvalue weighted by atomic mass is 9.90. The maximum Gasteiger partial charge on any atom is 0.120 e. The molecule has 1 heterocycles. The minimum Gasteiger partial charge on any atom is -0.497 e. The van der Waals surface area contributed by atoms with Crippen molar-refractivity contribution < 1.29 is 4.74 Å². The van der Waals surface area contributed by atoms with Crippen LogP contribution in [0.1, 0.15) is 35.7 Å². The molecule has 0 bridgehead atoms. The standard InChI is InChI=1S/C26H24ClNO/c1-4-21(22-14-13-20(29-3)16-23(22)27)26(18-11-9-17(2)10-12-18)25-15-19-7-5-6-8-24(19)28-25/h5-16,28H,4H2,1-3H3/b26-21+. The van der Waals surface area contributed by atoms with E-state index in [1.54, 1.807) is 7.11 Å². The van der Waals surface area contributed by atoms with Crippen LogP contribution in [0.4, 0.5) is 0 Å². The first-order valence-corrected chi connectivity index (χ1v) is 10.2. The van der Waals surface area contributed by atoms with Gasteiger partial charge in [0.15, 0.2) is 0 Å². The summed E-state index contributed by atoms with van der Waals surface area (Å²) in [6.07, 6.45) is 0.852. The van der Waals surface area contributed by atoms with E-state index in [4.69, 9.17) is 16.3 Å². The van der Waals surface area contributed by atoms with E-state index in [1.165, 1.54) is 27.7 Å². The van der Waals surface area contributed by atoms with E-state index in [0.29, 0.717) is 5.02 Å². The minimum absolute atomic E-state index is 0.696. The van der Waals surface area contributed by atoms with Gasteiger partial charge in [-0.3, -0.25) is 0 Å². The van der Waals surface area contributed by atoms with Crippen molar-refractivity contribution in [3.05, 3.63) is 100 Å². The molecule has 0 amide bonds. The van der Waals surface area contributed by atoms with Gasteiger partial charge in [0.2, 0.25) is 0 Å². The number of aromatic amines is 1. The molecule has 0 unspecified atom stereocenters. The molecule has 0 aliphatic rings. The lowest BCUT2D eigenvalue weighted by Gasteiger charge is -2.17. The van der Waals surface area contributed by atoms with Crippen LogP contribution < -0.4 is 4.74 Å². The first-order chi connectivity index (χ1) is 14.1. The van der Waals surface area contributed by atoms with E-state index in [9.17, 15) is 0 Å². The Bertz CT molecular complexity index is 1150. The van der Waals surface area contributed by atoms with Crippen LogP contribution in [0.5, 0.6) is 5.75 Å². The number of fused-ring (bicyclic) bond motifs is 1. The molecule has 0 aliphatic carbocycles. The summed E-state index contributed by atoms with van der Waals surface area (Å²) in [5.74, 6) is 0.761. The summed E-state index contributed by atoms with van der Waals surface area (Å²) in [5.41, 5.74) is 8.05. The van der Waals surface area contributed by atoms with Crippen molar-refractivity contribution >= 4 is 33.7 Å². The Kier molecular flexibility index (Phi) is 5.46. The monoisotopic (exact) mass is 401 g/mol. The zero-order valence-corrected chi connectivity index (χ0v) is 17.7. The van der Waals surface area contributed by atoms with Crippen LogP contribution in [0.2, 0.25) is 5.02 Å². The molecule has 1 N–H and O–H groups in total. The molecule has 2 nitrogen and oxygen atoms in total. The average Bonchev–Trinajstić information content (AvgIpc) is 3.16. The Labute approximate surface area is 176 Å². The molecule has 3 aromatic carbocycles. The zero-order chi connectivity index (χ0) is 20.4. The first-order valence-electron chi connectivity index (χ1n) is 9.83. The van der Waals surface area contributed by atoms with Crippen molar-refractivity contribution in [3.63, 3.8) is 0 Å². The van der Waals surface area contributed by atoms with Gasteiger partial charge in [-0.25, -0.2) is 0 Å². The third kappa shape index (κ3) is 3.81. The van der Waals surface area contributed by atoms with Gasteiger partial charge in [0.25, 0.3) is 0 Å². The molecular weight excluding hydrogens is 378 g/mol. The van der Waals surface area contributed by atoms with Crippen molar-refractivity contribution in [2.45, 2.75) is 20.3 Å². The van der Waals surface area contributed by atoms with Crippen LogP contribution in [0.3, 0.4) is 0 Å². The fourth-order valence-corrected chi connectivity index (χ4v) is 4.07. The van der Waals surface area contributed by atoms with Crippen molar-refractivity contribution in [1.29, 1.82) is 0 Å². The molecule has 1 aromatic heterocycles. The molecule has 0 spiro atoms. The van der Waals surface area contributed by atoms with E-state index in [2.05, 4.69) is 79.5 Å². The molecule has 29 heavy (non-hydrogen) atoms. The van der Waals surface area contributed by atoms with Gasteiger partial charge in [-0.05, 0) is 60.4 Å². The molecular formula is C26H24ClNO. The number of para-hydroxylation sites is 1. The molecule has 4 rings (SSSR count). The molecule has 0 fully saturated rings. The smallest absolute Gasteiger partial charge is 0.120 e. The predicted octanol–water partition coefficient (Wildman–Crippen LogP) is 7.51. The SMILES string of the molecule is CC/C(=C(/c1ccc(C)cc1)c1cc2ccccc2[nH]1)c1ccc(OC)cc1Cl. The van der Waals surface area contributed by atoms with Crippen LogP contribution in [-0.2, 0) is 0 Å². The largest absolute Gasteiger partial charge is 0.497 e. The molecule has 0 saturated heterocycles. The number of halogens is 1. The van der Waals surface area contributed by atoms with Gasteiger partial charge in [0.05, 0.1) is 12.1 Å². The average molecular weight is 402 g/mol. The summed E-state index contributed by atoms with van der Waals surface area (Å²) >= 11 is 6.68. The highest BCUT2D eigenvalue weighted by Gasteiger charge is 2.17. The maximum absolute atomic E-state index is 6.68. The number of aryl methyl sites for hydroxylation is 1. The van der Waals surface area contributed by atoms with Gasteiger partial charge in [-0.1, -0.05) is 66.6 Å². The lowest BCUT2D eigenvalue weighted by molar-refractivity contribution is 0.415. The molecule has 0 aliphatic heterocycles.